The highest BCUT2D eigenvalue weighted by molar-refractivity contribution is 7.13. The Balaban J connectivity index is 0.681. The molecule has 5 aromatic rings. The van der Waals surface area contributed by atoms with Crippen molar-refractivity contribution < 1.29 is 37.5 Å². The van der Waals surface area contributed by atoms with E-state index in [1.54, 1.807) is 68.8 Å². The van der Waals surface area contributed by atoms with Gasteiger partial charge in [-0.05, 0) is 164 Å². The number of fused-ring (bicyclic) bond motifs is 1. The van der Waals surface area contributed by atoms with E-state index in [4.69, 9.17) is 4.74 Å². The molecule has 0 spiro atoms. The number of hydrogen-bond acceptors (Lipinski definition) is 11. The summed E-state index contributed by atoms with van der Waals surface area (Å²) in [4.78, 5) is 87.0. The third kappa shape index (κ3) is 12.5. The average molecular weight is 1110 g/mol. The molecule has 5 aliphatic heterocycles. The van der Waals surface area contributed by atoms with Crippen molar-refractivity contribution in [3.05, 3.63) is 105 Å². The quantitative estimate of drug-likeness (QED) is 0.0859. The molecule has 424 valence electrons. The van der Waals surface area contributed by atoms with Crippen molar-refractivity contribution >= 4 is 63.5 Å². The molecule has 19 heteroatoms. The number of amides is 5. The number of carbonyl (C=O) groups is 5. The topological polar surface area (TPSA) is 171 Å². The van der Waals surface area contributed by atoms with Gasteiger partial charge in [0.1, 0.15) is 17.7 Å². The van der Waals surface area contributed by atoms with Crippen LogP contribution in [0.15, 0.2) is 76.9 Å². The van der Waals surface area contributed by atoms with E-state index in [0.29, 0.717) is 28.2 Å². The van der Waals surface area contributed by atoms with E-state index < -0.39 is 42.2 Å². The number of imidazole rings is 1. The van der Waals surface area contributed by atoms with E-state index in [-0.39, 0.29) is 60.7 Å². The highest BCUT2D eigenvalue weighted by atomic mass is 32.1. The van der Waals surface area contributed by atoms with Crippen LogP contribution >= 0.6 is 11.3 Å². The maximum absolute atomic E-state index is 15.2. The number of benzene rings is 3. The first-order valence-electron chi connectivity index (χ1n) is 28.2. The Kier molecular flexibility index (Phi) is 16.3. The number of carbonyl (C=O) groups excluding carboxylic acids is 5. The van der Waals surface area contributed by atoms with Crippen molar-refractivity contribution in [3.63, 3.8) is 0 Å². The Morgan fingerprint density at radius 3 is 2.33 bits per heavy atom. The van der Waals surface area contributed by atoms with E-state index in [1.807, 2.05) is 48.7 Å². The Hall–Kier alpha value is -7.04. The number of thiophene rings is 1. The second kappa shape index (κ2) is 23.2. The van der Waals surface area contributed by atoms with Crippen molar-refractivity contribution in [2.75, 3.05) is 69.1 Å². The summed E-state index contributed by atoms with van der Waals surface area (Å²) in [5.41, 5.74) is 5.50. The van der Waals surface area contributed by atoms with Gasteiger partial charge in [-0.25, -0.2) is 18.4 Å². The third-order valence-corrected chi connectivity index (χ3v) is 17.6. The lowest BCUT2D eigenvalue weighted by Crippen LogP contribution is -2.47. The first-order chi connectivity index (χ1) is 38.2. The van der Waals surface area contributed by atoms with Crippen LogP contribution in [0.2, 0.25) is 0 Å². The number of aryl methyl sites for hydroxylation is 2. The van der Waals surface area contributed by atoms with Gasteiger partial charge in [-0.3, -0.25) is 38.5 Å². The van der Waals surface area contributed by atoms with Gasteiger partial charge in [0.15, 0.2) is 0 Å². The average Bonchev–Trinajstić information content (AvgIpc) is 4.32. The zero-order valence-corrected chi connectivity index (χ0v) is 47.4. The predicted molar refractivity (Wildman–Crippen MR) is 306 cm³/mol. The fourth-order valence-electron chi connectivity index (χ4n) is 12.1. The van der Waals surface area contributed by atoms with Crippen LogP contribution in [0.5, 0.6) is 0 Å². The number of rotatable bonds is 11. The zero-order valence-electron chi connectivity index (χ0n) is 46.6. The van der Waals surface area contributed by atoms with Crippen molar-refractivity contribution in [1.29, 1.82) is 0 Å². The molecular formula is C61H73F2N9O7S. The summed E-state index contributed by atoms with van der Waals surface area (Å²) in [7, 11) is 1.70. The van der Waals surface area contributed by atoms with E-state index in [1.165, 1.54) is 4.57 Å². The summed E-state index contributed by atoms with van der Waals surface area (Å²) in [6.07, 6.45) is 5.19. The zero-order chi connectivity index (χ0) is 56.6. The second-order valence-corrected chi connectivity index (χ2v) is 24.5. The molecule has 0 aliphatic carbocycles. The molecule has 5 amide bonds. The van der Waals surface area contributed by atoms with Crippen molar-refractivity contribution in [2.45, 2.75) is 116 Å². The molecule has 5 aliphatic rings. The van der Waals surface area contributed by atoms with Gasteiger partial charge >= 0.3 is 11.8 Å². The molecule has 80 heavy (non-hydrogen) atoms. The van der Waals surface area contributed by atoms with Gasteiger partial charge in [-0.1, -0.05) is 30.0 Å². The highest BCUT2D eigenvalue weighted by Crippen LogP contribution is 2.35. The van der Waals surface area contributed by atoms with Gasteiger partial charge in [-0.2, -0.15) is 0 Å². The van der Waals surface area contributed by atoms with Crippen molar-refractivity contribution in [1.82, 2.24) is 34.5 Å². The van der Waals surface area contributed by atoms with E-state index >= 15 is 8.78 Å². The number of likely N-dealkylation sites (tertiary alicyclic amines) is 3. The number of nitrogens with zero attached hydrogens (tertiary/aromatic N) is 6. The number of imide groups is 1. The standard InChI is InChI=1S/C61H73F2N9O7S/c1-38-9-14-45(65-53-36-71(37-61(53,62)63)59(78)79-60(3,4)5)33-47(38)55(74)64-39(2)44-13-12-42(48(32-44)52-8-7-31-80-52)11-10-40-19-25-68(26-20-40)35-41-21-27-70(28-22-41)57(76)43-23-29-69(30-24-43)46-15-16-49-51(34-46)67(6)58(77)72(49)50-17-18-54(73)66-56(50)75/h7-9,12-16,31-34,39-41,43,50,53,65H,17-30,35-37H2,1-6H3,(H,64,74)(H,66,73,75)/t39-,50?,53+/m1/s1. The van der Waals surface area contributed by atoms with Crippen LogP contribution in [0.3, 0.4) is 0 Å². The highest BCUT2D eigenvalue weighted by Gasteiger charge is 2.51. The minimum absolute atomic E-state index is 0.0146. The Morgan fingerprint density at radius 1 is 0.875 bits per heavy atom. The van der Waals surface area contributed by atoms with Crippen molar-refractivity contribution in [3.8, 4) is 22.3 Å². The lowest BCUT2D eigenvalue weighted by atomic mass is 9.90. The summed E-state index contributed by atoms with van der Waals surface area (Å²) in [6.45, 7) is 13.8. The first kappa shape index (κ1) is 56.2. The molecule has 5 saturated heterocycles. The Labute approximate surface area is 470 Å². The van der Waals surface area contributed by atoms with Gasteiger partial charge in [0, 0.05) is 91.0 Å². The maximum atomic E-state index is 15.2. The van der Waals surface area contributed by atoms with Gasteiger partial charge in [-0.15, -0.1) is 11.3 Å². The van der Waals surface area contributed by atoms with Crippen LogP contribution in [0, 0.1) is 36.5 Å². The Bertz CT molecular complexity index is 3280. The van der Waals surface area contributed by atoms with E-state index in [0.717, 1.165) is 122 Å². The van der Waals surface area contributed by atoms with Gasteiger partial charge in [0.2, 0.25) is 17.7 Å². The number of hydrogen-bond donors (Lipinski definition) is 3. The molecule has 0 saturated carbocycles. The van der Waals surface area contributed by atoms with Crippen LogP contribution < -0.4 is 26.5 Å². The molecule has 0 radical (unpaired) electrons. The molecule has 5 fully saturated rings. The van der Waals surface area contributed by atoms with Gasteiger partial charge in [0.05, 0.1) is 30.2 Å². The van der Waals surface area contributed by atoms with E-state index in [2.05, 4.69) is 54.6 Å². The van der Waals surface area contributed by atoms with Gasteiger partial charge in [0.25, 0.3) is 11.8 Å². The molecule has 3 aromatic carbocycles. The van der Waals surface area contributed by atoms with Crippen LogP contribution in [0.25, 0.3) is 21.5 Å². The Morgan fingerprint density at radius 2 is 1.62 bits per heavy atom. The van der Waals surface area contributed by atoms with Crippen LogP contribution in [0.1, 0.15) is 118 Å². The van der Waals surface area contributed by atoms with Crippen LogP contribution in [-0.2, 0) is 26.2 Å². The summed E-state index contributed by atoms with van der Waals surface area (Å²) in [5.74, 6) is 3.89. The fraction of sp³-hybridized carbons (Fsp3) is 0.508. The maximum Gasteiger partial charge on any atom is 0.410 e. The molecule has 3 N–H and O–H groups in total. The van der Waals surface area contributed by atoms with Crippen LogP contribution in [-0.4, -0.2) is 130 Å². The first-order valence-corrected chi connectivity index (χ1v) is 29.1. The number of aromatic nitrogens is 2. The largest absolute Gasteiger partial charge is 0.444 e. The number of halogens is 2. The molecule has 3 atom stereocenters. The fourth-order valence-corrected chi connectivity index (χ4v) is 12.8. The number of anilines is 2. The van der Waals surface area contributed by atoms with Gasteiger partial charge < -0.3 is 30.1 Å². The van der Waals surface area contributed by atoms with Crippen LogP contribution in [0.4, 0.5) is 25.0 Å². The SMILES string of the molecule is Cc1ccc(N[C@H]2CN(C(=O)OC(C)(C)C)CC2(F)F)cc1C(=O)N[C@H](C)c1ccc(C#CC2CCN(CC3CCN(C(=O)C4CCN(c5ccc6c(c5)n(C)c(=O)n6C5CCC(=O)NC5=O)CC4)CC3)CC2)c(-c2cccs2)c1. The van der Waals surface area contributed by atoms with E-state index in [9.17, 15) is 28.8 Å². The molecular weight excluding hydrogens is 1040 g/mol. The summed E-state index contributed by atoms with van der Waals surface area (Å²) < 4.78 is 38.7. The number of piperidine rings is 4. The predicted octanol–water partition coefficient (Wildman–Crippen LogP) is 8.73. The summed E-state index contributed by atoms with van der Waals surface area (Å²) >= 11 is 1.64. The normalized spacial score (nSPS) is 21.0. The lowest BCUT2D eigenvalue weighted by Gasteiger charge is -2.39. The minimum atomic E-state index is -3.21. The smallest absolute Gasteiger partial charge is 0.410 e. The van der Waals surface area contributed by atoms with Crippen molar-refractivity contribution in [2.24, 2.45) is 24.8 Å². The minimum Gasteiger partial charge on any atom is -0.444 e. The third-order valence-electron chi connectivity index (χ3n) is 16.7. The molecule has 7 heterocycles. The molecule has 1 unspecified atom stereocenters. The summed E-state index contributed by atoms with van der Waals surface area (Å²) in [6, 6.07) is 18.6. The number of alkyl halides is 2. The number of ether oxygens (including phenoxy) is 1. The lowest BCUT2D eigenvalue weighted by molar-refractivity contribution is -0.138. The monoisotopic (exact) mass is 1110 g/mol. The summed E-state index contributed by atoms with van der Waals surface area (Å²) in [5, 5.41) is 10.4. The second-order valence-electron chi connectivity index (χ2n) is 23.6. The molecule has 0 bridgehead atoms. The molecule has 2 aromatic heterocycles. The number of nitrogens with one attached hydrogen (secondary N) is 3. The molecule has 10 rings (SSSR count). The molecule has 16 nitrogen and oxygen atoms in total.